The van der Waals surface area contributed by atoms with E-state index in [1.807, 2.05) is 30.3 Å². The molecule has 4 rings (SSSR count). The predicted molar refractivity (Wildman–Crippen MR) is 98.8 cm³/mol. The molecule has 0 spiro atoms. The molecular weight excluding hydrogens is 346 g/mol. The minimum Gasteiger partial charge on any atom is -0.508 e. The number of benzene rings is 2. The molecule has 1 fully saturated rings. The van der Waals surface area contributed by atoms with E-state index in [2.05, 4.69) is 5.48 Å². The van der Waals surface area contributed by atoms with Gasteiger partial charge in [0.1, 0.15) is 11.2 Å². The largest absolute Gasteiger partial charge is 0.508 e. The first kappa shape index (κ1) is 17.6. The molecule has 1 atom stereocenters. The molecule has 0 radical (unpaired) electrons. The maximum absolute atomic E-state index is 12.6. The van der Waals surface area contributed by atoms with E-state index in [1.165, 1.54) is 0 Å². The smallest absolute Gasteiger partial charge is 0.318 e. The first-order valence-electron chi connectivity index (χ1n) is 8.95. The van der Waals surface area contributed by atoms with Crippen LogP contribution in [0, 0.1) is 5.41 Å². The Morgan fingerprint density at radius 2 is 1.78 bits per heavy atom. The van der Waals surface area contributed by atoms with Crippen molar-refractivity contribution in [1.29, 1.82) is 0 Å². The number of hydrogen-bond acceptors (Lipinski definition) is 6. The molecular formula is C21H21NO5. The van der Waals surface area contributed by atoms with Crippen molar-refractivity contribution < 1.29 is 24.6 Å². The molecule has 2 aromatic rings. The van der Waals surface area contributed by atoms with Gasteiger partial charge < -0.3 is 14.9 Å². The average molecular weight is 367 g/mol. The van der Waals surface area contributed by atoms with Gasteiger partial charge >= 0.3 is 5.97 Å². The zero-order valence-electron chi connectivity index (χ0n) is 14.9. The number of hydrogen-bond donors (Lipinski definition) is 3. The molecule has 1 saturated carbocycles. The summed E-state index contributed by atoms with van der Waals surface area (Å²) in [5.74, 6) is -2.18. The molecule has 1 unspecified atom stereocenters. The quantitative estimate of drug-likeness (QED) is 0.705. The summed E-state index contributed by atoms with van der Waals surface area (Å²) in [6.07, 6.45) is 0.951. The van der Waals surface area contributed by atoms with Gasteiger partial charge in [-0.1, -0.05) is 30.3 Å². The lowest BCUT2D eigenvalue weighted by Crippen LogP contribution is -2.47. The number of aromatic hydroxyl groups is 1. The van der Waals surface area contributed by atoms with Crippen LogP contribution in [0.25, 0.3) is 11.3 Å². The summed E-state index contributed by atoms with van der Waals surface area (Å²) in [5.41, 5.74) is 4.18. The van der Waals surface area contributed by atoms with Crippen molar-refractivity contribution in [1.82, 2.24) is 5.48 Å². The Labute approximate surface area is 157 Å². The van der Waals surface area contributed by atoms with Gasteiger partial charge in [0.25, 0.3) is 0 Å². The van der Waals surface area contributed by atoms with Crippen molar-refractivity contribution in [3.8, 4) is 5.75 Å². The van der Waals surface area contributed by atoms with E-state index in [0.717, 1.165) is 11.1 Å². The number of rotatable bonds is 5. The van der Waals surface area contributed by atoms with Gasteiger partial charge in [-0.15, -0.1) is 0 Å². The minimum atomic E-state index is -1.85. The van der Waals surface area contributed by atoms with Gasteiger partial charge in [0.15, 0.2) is 0 Å². The summed E-state index contributed by atoms with van der Waals surface area (Å²) < 4.78 is 5.23. The Morgan fingerprint density at radius 1 is 1.11 bits per heavy atom. The van der Waals surface area contributed by atoms with Gasteiger partial charge in [0.05, 0.1) is 12.3 Å². The van der Waals surface area contributed by atoms with Crippen molar-refractivity contribution in [2.24, 2.45) is 5.41 Å². The Bertz CT molecular complexity index is 887. The number of esters is 1. The molecule has 0 saturated heterocycles. The minimum absolute atomic E-state index is 0.139. The van der Waals surface area contributed by atoms with Crippen molar-refractivity contribution in [2.75, 3.05) is 6.61 Å². The molecule has 1 aliphatic heterocycles. The normalized spacial score (nSPS) is 23.0. The average Bonchev–Trinajstić information content (AvgIpc) is 3.43. The Hall–Kier alpha value is -2.83. The molecule has 2 aromatic carbocycles. The topological polar surface area (TPSA) is 88.0 Å². The molecule has 3 N–H and O–H groups in total. The van der Waals surface area contributed by atoms with Crippen molar-refractivity contribution >= 4 is 17.2 Å². The lowest BCUT2D eigenvalue weighted by molar-refractivity contribution is -0.224. The van der Waals surface area contributed by atoms with Gasteiger partial charge in [0.2, 0.25) is 5.79 Å². The van der Waals surface area contributed by atoms with Crippen LogP contribution >= 0.6 is 0 Å². The van der Waals surface area contributed by atoms with Crippen molar-refractivity contribution in [3.63, 3.8) is 0 Å². The third-order valence-electron chi connectivity index (χ3n) is 5.17. The molecule has 6 nitrogen and oxygen atoms in total. The number of hydroxylamine groups is 1. The van der Waals surface area contributed by atoms with Crippen LogP contribution in [-0.2, 0) is 14.4 Å². The van der Waals surface area contributed by atoms with Gasteiger partial charge in [-0.3, -0.25) is 10.3 Å². The van der Waals surface area contributed by atoms with E-state index in [-0.39, 0.29) is 12.4 Å². The third kappa shape index (κ3) is 2.69. The maximum atomic E-state index is 12.6. The number of carbonyl (C=O) groups excluding carboxylic acids is 1. The monoisotopic (exact) mass is 367 g/mol. The van der Waals surface area contributed by atoms with Crippen LogP contribution in [0.15, 0.2) is 54.6 Å². The molecule has 1 heterocycles. The second-order valence-corrected chi connectivity index (χ2v) is 6.81. The third-order valence-corrected chi connectivity index (χ3v) is 5.17. The summed E-state index contributed by atoms with van der Waals surface area (Å²) in [4.78, 5) is 18.3. The van der Waals surface area contributed by atoms with E-state index < -0.39 is 17.2 Å². The van der Waals surface area contributed by atoms with E-state index in [0.29, 0.717) is 24.1 Å². The standard InChI is InChI=1S/C21H21NO5/c1-2-26-19(24)20(12-13-20)21(25)17(14-6-4-3-5-7-14)18(22-27-21)15-8-10-16(23)11-9-15/h3-11,22-23,25H,2,12-13H2,1H3. The van der Waals surface area contributed by atoms with E-state index in [4.69, 9.17) is 9.57 Å². The van der Waals surface area contributed by atoms with E-state index >= 15 is 0 Å². The Morgan fingerprint density at radius 3 is 2.37 bits per heavy atom. The first-order valence-corrected chi connectivity index (χ1v) is 8.95. The lowest BCUT2D eigenvalue weighted by atomic mass is 9.83. The summed E-state index contributed by atoms with van der Waals surface area (Å²) in [7, 11) is 0. The van der Waals surface area contributed by atoms with Gasteiger partial charge in [-0.25, -0.2) is 4.84 Å². The number of aliphatic hydroxyl groups is 1. The van der Waals surface area contributed by atoms with Crippen LogP contribution in [0.1, 0.15) is 30.9 Å². The van der Waals surface area contributed by atoms with Crippen LogP contribution in [0.5, 0.6) is 5.75 Å². The molecule has 140 valence electrons. The van der Waals surface area contributed by atoms with Crippen LogP contribution in [0.4, 0.5) is 0 Å². The van der Waals surface area contributed by atoms with Gasteiger partial charge in [-0.2, -0.15) is 0 Å². The zero-order chi connectivity index (χ0) is 19.1. The fourth-order valence-corrected chi connectivity index (χ4v) is 3.59. The first-order chi connectivity index (χ1) is 13.0. The number of phenolic OH excluding ortho intramolecular Hbond substituents is 1. The molecule has 2 aliphatic rings. The van der Waals surface area contributed by atoms with Crippen LogP contribution in [-0.4, -0.2) is 28.6 Å². The van der Waals surface area contributed by atoms with E-state index in [9.17, 15) is 15.0 Å². The van der Waals surface area contributed by atoms with Gasteiger partial charge in [-0.05, 0) is 49.6 Å². The second kappa shape index (κ2) is 6.40. The van der Waals surface area contributed by atoms with Crippen LogP contribution < -0.4 is 5.48 Å². The highest BCUT2D eigenvalue weighted by Crippen LogP contribution is 2.62. The molecule has 27 heavy (non-hydrogen) atoms. The highest BCUT2D eigenvalue weighted by molar-refractivity contribution is 5.98. The summed E-state index contributed by atoms with van der Waals surface area (Å²) >= 11 is 0. The molecule has 0 aromatic heterocycles. The summed E-state index contributed by atoms with van der Waals surface area (Å²) in [6, 6.07) is 15.9. The number of ether oxygens (including phenoxy) is 1. The molecule has 6 heteroatoms. The Kier molecular flexibility index (Phi) is 4.17. The maximum Gasteiger partial charge on any atom is 0.318 e. The molecule has 1 aliphatic carbocycles. The Balaban J connectivity index is 1.88. The van der Waals surface area contributed by atoms with Crippen LogP contribution in [0.3, 0.4) is 0 Å². The predicted octanol–water partition coefficient (Wildman–Crippen LogP) is 2.83. The zero-order valence-corrected chi connectivity index (χ0v) is 14.9. The molecule has 0 bridgehead atoms. The number of nitrogens with one attached hydrogen (secondary N) is 1. The van der Waals surface area contributed by atoms with E-state index in [1.54, 1.807) is 31.2 Å². The van der Waals surface area contributed by atoms with Crippen molar-refractivity contribution in [3.05, 3.63) is 65.7 Å². The fourth-order valence-electron chi connectivity index (χ4n) is 3.59. The second-order valence-electron chi connectivity index (χ2n) is 6.81. The fraction of sp³-hybridized carbons (Fsp3) is 0.286. The lowest BCUT2D eigenvalue weighted by Gasteiger charge is -2.31. The molecule has 0 amide bonds. The number of phenols is 1. The summed E-state index contributed by atoms with van der Waals surface area (Å²) in [5, 5.41) is 21.2. The highest BCUT2D eigenvalue weighted by Gasteiger charge is 2.70. The van der Waals surface area contributed by atoms with Crippen LogP contribution in [0.2, 0.25) is 0 Å². The summed E-state index contributed by atoms with van der Waals surface area (Å²) in [6.45, 7) is 1.97. The van der Waals surface area contributed by atoms with Crippen molar-refractivity contribution in [2.45, 2.75) is 25.6 Å². The van der Waals surface area contributed by atoms with Gasteiger partial charge in [0, 0.05) is 11.1 Å². The number of carbonyl (C=O) groups is 1. The SMILES string of the molecule is CCOC(=O)C1(C2(O)ONC(c3ccc(O)cc3)=C2c2ccccc2)CC1. The highest BCUT2D eigenvalue weighted by atomic mass is 16.8.